The van der Waals surface area contributed by atoms with Crippen molar-refractivity contribution in [2.24, 2.45) is 23.7 Å². The first-order chi connectivity index (χ1) is 12.8. The zero-order chi connectivity index (χ0) is 19.9. The Labute approximate surface area is 166 Å². The summed E-state index contributed by atoms with van der Waals surface area (Å²) in [5, 5.41) is 9.84. The fourth-order valence-corrected chi connectivity index (χ4v) is 5.79. The average Bonchev–Trinajstić information content (AvgIpc) is 2.66. The van der Waals surface area contributed by atoms with Gasteiger partial charge in [0.25, 0.3) is 10.1 Å². The molecular formula is C22H38O4S. The maximum atomic E-state index is 12.8. The SMILES string of the molecule is CCCCCC1CCC(C(CO)COS(=O)(=O)C2(C)C=CC=CC2C)CC1. The minimum atomic E-state index is -3.75. The first-order valence-electron chi connectivity index (χ1n) is 10.7. The lowest BCUT2D eigenvalue weighted by atomic mass is 9.75. The maximum Gasteiger partial charge on any atom is 0.277 e. The van der Waals surface area contributed by atoms with Gasteiger partial charge < -0.3 is 5.11 Å². The molecular weight excluding hydrogens is 360 g/mol. The highest BCUT2D eigenvalue weighted by Gasteiger charge is 2.43. The molecule has 0 aromatic heterocycles. The van der Waals surface area contributed by atoms with Gasteiger partial charge in [0.2, 0.25) is 0 Å². The lowest BCUT2D eigenvalue weighted by Gasteiger charge is -2.35. The standard InChI is InChI=1S/C22H38O4S/c1-4-5-6-10-19-11-13-20(14-12-19)21(16-23)17-26-27(24,25)22(3)15-8-7-9-18(22)2/h7-9,15,18-21,23H,4-6,10-14,16-17H2,1-3H3. The lowest BCUT2D eigenvalue weighted by molar-refractivity contribution is 0.0878. The smallest absolute Gasteiger partial charge is 0.277 e. The molecule has 4 nitrogen and oxygen atoms in total. The van der Waals surface area contributed by atoms with Gasteiger partial charge in [-0.3, -0.25) is 4.18 Å². The first-order valence-corrected chi connectivity index (χ1v) is 12.1. The number of aliphatic hydroxyl groups is 1. The third kappa shape index (κ3) is 5.68. The Balaban J connectivity index is 1.87. The number of aliphatic hydroxyl groups excluding tert-OH is 1. The summed E-state index contributed by atoms with van der Waals surface area (Å²) in [4.78, 5) is 0. The highest BCUT2D eigenvalue weighted by molar-refractivity contribution is 7.88. The van der Waals surface area contributed by atoms with E-state index < -0.39 is 14.9 Å². The zero-order valence-corrected chi connectivity index (χ0v) is 18.1. The largest absolute Gasteiger partial charge is 0.396 e. The Morgan fingerprint density at radius 3 is 2.48 bits per heavy atom. The Kier molecular flexibility index (Phi) is 8.57. The molecule has 5 heteroatoms. The Bertz CT molecular complexity index is 602. The minimum Gasteiger partial charge on any atom is -0.396 e. The third-order valence-electron chi connectivity index (χ3n) is 6.83. The predicted molar refractivity (Wildman–Crippen MR) is 111 cm³/mol. The molecule has 0 spiro atoms. The monoisotopic (exact) mass is 398 g/mol. The van der Waals surface area contributed by atoms with Crippen LogP contribution in [0.2, 0.25) is 0 Å². The van der Waals surface area contributed by atoms with Crippen LogP contribution in [0.15, 0.2) is 24.3 Å². The van der Waals surface area contributed by atoms with E-state index >= 15 is 0 Å². The van der Waals surface area contributed by atoms with Crippen LogP contribution in [-0.2, 0) is 14.3 Å². The summed E-state index contributed by atoms with van der Waals surface area (Å²) in [6, 6.07) is 0. The number of hydrogen-bond donors (Lipinski definition) is 1. The van der Waals surface area contributed by atoms with Crippen molar-refractivity contribution in [2.75, 3.05) is 13.2 Å². The van der Waals surface area contributed by atoms with E-state index in [1.807, 2.05) is 19.1 Å². The van der Waals surface area contributed by atoms with Crippen LogP contribution in [0.3, 0.4) is 0 Å². The van der Waals surface area contributed by atoms with Crippen LogP contribution in [0.5, 0.6) is 0 Å². The molecule has 2 aliphatic rings. The van der Waals surface area contributed by atoms with Crippen LogP contribution < -0.4 is 0 Å². The van der Waals surface area contributed by atoms with Crippen molar-refractivity contribution in [1.82, 2.24) is 0 Å². The number of hydrogen-bond acceptors (Lipinski definition) is 4. The average molecular weight is 399 g/mol. The molecule has 3 atom stereocenters. The topological polar surface area (TPSA) is 63.6 Å². The normalized spacial score (nSPS) is 32.5. The van der Waals surface area contributed by atoms with E-state index in [1.54, 1.807) is 19.1 Å². The van der Waals surface area contributed by atoms with E-state index in [4.69, 9.17) is 4.18 Å². The molecule has 0 saturated heterocycles. The Morgan fingerprint density at radius 2 is 1.89 bits per heavy atom. The summed E-state index contributed by atoms with van der Waals surface area (Å²) in [6.45, 7) is 5.91. The van der Waals surface area contributed by atoms with E-state index in [2.05, 4.69) is 6.92 Å². The fourth-order valence-electron chi connectivity index (χ4n) is 4.40. The molecule has 0 bridgehead atoms. The van der Waals surface area contributed by atoms with Gasteiger partial charge in [0, 0.05) is 12.5 Å². The van der Waals surface area contributed by atoms with E-state index in [1.165, 1.54) is 38.5 Å². The highest BCUT2D eigenvalue weighted by atomic mass is 32.2. The zero-order valence-electron chi connectivity index (χ0n) is 17.3. The van der Waals surface area contributed by atoms with Gasteiger partial charge in [-0.1, -0.05) is 76.7 Å². The Morgan fingerprint density at radius 1 is 1.19 bits per heavy atom. The van der Waals surface area contributed by atoms with Gasteiger partial charge in [0.1, 0.15) is 4.75 Å². The van der Waals surface area contributed by atoms with Gasteiger partial charge in [0.15, 0.2) is 0 Å². The molecule has 27 heavy (non-hydrogen) atoms. The van der Waals surface area contributed by atoms with Crippen molar-refractivity contribution in [3.05, 3.63) is 24.3 Å². The van der Waals surface area contributed by atoms with Crippen molar-refractivity contribution >= 4 is 10.1 Å². The summed E-state index contributed by atoms with van der Waals surface area (Å²) < 4.78 is 30.1. The summed E-state index contributed by atoms with van der Waals surface area (Å²) in [7, 11) is -3.75. The van der Waals surface area contributed by atoms with Crippen molar-refractivity contribution in [1.29, 1.82) is 0 Å². The fraction of sp³-hybridized carbons (Fsp3) is 0.818. The van der Waals surface area contributed by atoms with Gasteiger partial charge in [-0.15, -0.1) is 0 Å². The summed E-state index contributed by atoms with van der Waals surface area (Å²) in [5.74, 6) is 0.924. The van der Waals surface area contributed by atoms with Crippen LogP contribution in [0.1, 0.15) is 72.1 Å². The van der Waals surface area contributed by atoms with Gasteiger partial charge in [0.05, 0.1) is 6.61 Å². The molecule has 1 N–H and O–H groups in total. The van der Waals surface area contributed by atoms with E-state index in [-0.39, 0.29) is 25.0 Å². The lowest BCUT2D eigenvalue weighted by Crippen LogP contribution is -2.42. The second kappa shape index (κ2) is 10.2. The molecule has 2 rings (SSSR count). The van der Waals surface area contributed by atoms with Gasteiger partial charge in [-0.25, -0.2) is 0 Å². The molecule has 156 valence electrons. The van der Waals surface area contributed by atoms with Crippen molar-refractivity contribution in [3.8, 4) is 0 Å². The molecule has 0 aromatic carbocycles. The molecule has 0 amide bonds. The van der Waals surface area contributed by atoms with Gasteiger partial charge in [-0.2, -0.15) is 8.42 Å². The maximum absolute atomic E-state index is 12.8. The molecule has 2 aliphatic carbocycles. The van der Waals surface area contributed by atoms with Crippen LogP contribution in [0, 0.1) is 23.7 Å². The van der Waals surface area contributed by atoms with Crippen LogP contribution in [-0.4, -0.2) is 31.5 Å². The summed E-state index contributed by atoms with van der Waals surface area (Å²) in [5.41, 5.74) is 0. The number of allylic oxidation sites excluding steroid dienone is 3. The number of unbranched alkanes of at least 4 members (excludes halogenated alkanes) is 2. The van der Waals surface area contributed by atoms with Crippen LogP contribution in [0.25, 0.3) is 0 Å². The van der Waals surface area contributed by atoms with E-state index in [0.29, 0.717) is 5.92 Å². The van der Waals surface area contributed by atoms with Gasteiger partial charge in [-0.05, 0) is 37.5 Å². The second-order valence-electron chi connectivity index (χ2n) is 8.67. The highest BCUT2D eigenvalue weighted by Crippen LogP contribution is 2.37. The van der Waals surface area contributed by atoms with Crippen molar-refractivity contribution in [2.45, 2.75) is 76.9 Å². The van der Waals surface area contributed by atoms with Crippen molar-refractivity contribution < 1.29 is 17.7 Å². The quantitative estimate of drug-likeness (QED) is 0.422. The van der Waals surface area contributed by atoms with Crippen LogP contribution >= 0.6 is 0 Å². The summed E-state index contributed by atoms with van der Waals surface area (Å²) >= 11 is 0. The Hall–Kier alpha value is -0.650. The molecule has 0 aliphatic heterocycles. The molecule has 0 aromatic rings. The van der Waals surface area contributed by atoms with Crippen molar-refractivity contribution in [3.63, 3.8) is 0 Å². The third-order valence-corrected chi connectivity index (χ3v) is 8.86. The predicted octanol–water partition coefficient (Wildman–Crippen LogP) is 4.85. The number of rotatable bonds is 10. The molecule has 0 radical (unpaired) electrons. The first kappa shape index (κ1) is 22.6. The molecule has 3 unspecified atom stereocenters. The second-order valence-corrected chi connectivity index (χ2v) is 10.7. The molecule has 1 saturated carbocycles. The van der Waals surface area contributed by atoms with E-state index in [0.717, 1.165) is 18.8 Å². The minimum absolute atomic E-state index is 0.0112. The molecule has 1 fully saturated rings. The molecule has 0 heterocycles. The van der Waals surface area contributed by atoms with Crippen LogP contribution in [0.4, 0.5) is 0 Å². The van der Waals surface area contributed by atoms with Gasteiger partial charge >= 0.3 is 0 Å². The summed E-state index contributed by atoms with van der Waals surface area (Å²) in [6.07, 6.45) is 17.0. The van der Waals surface area contributed by atoms with E-state index in [9.17, 15) is 13.5 Å².